The molecule has 82 valence electrons. The standard InChI is InChI=1S/C6H18NSi2.CH3.2ClH.Ti/c1-8(2,3)7-9(4,5)6;;;;/h1-6H3;1H3;2*1H;/q2*-1;;;+2/p-2. The zero-order valence-corrected chi connectivity index (χ0v) is 14.8. The van der Waals surface area contributed by atoms with Crippen molar-refractivity contribution in [2.75, 3.05) is 0 Å². The summed E-state index contributed by atoms with van der Waals surface area (Å²) in [6.07, 6.45) is 0. The Balaban J connectivity index is -0.000000220. The molecule has 0 bridgehead atoms. The molecule has 0 unspecified atom stereocenters. The zero-order chi connectivity index (χ0) is 10.4. The second-order valence-corrected chi connectivity index (χ2v) is 16.7. The molecule has 0 radical (unpaired) electrons. The van der Waals surface area contributed by atoms with Gasteiger partial charge < -0.3 is 12.1 Å². The maximum atomic E-state index is 4.89. The summed E-state index contributed by atoms with van der Waals surface area (Å²) in [5, 5.41) is 0. The fourth-order valence-corrected chi connectivity index (χ4v) is 9.06. The first-order chi connectivity index (χ1) is 5.12. The van der Waals surface area contributed by atoms with Crippen LogP contribution in [-0.4, -0.2) is 16.5 Å². The third kappa shape index (κ3) is 31.6. The zero-order valence-electron chi connectivity index (χ0n) is 9.70. The number of nitrogens with zero attached hydrogens (tertiary/aromatic N) is 1. The SMILES string of the molecule is C[Si](C)(C)[N-][Si](C)(C)C.[CH3-].[Cl][Ti][Cl]. The first kappa shape index (κ1) is 20.1. The van der Waals surface area contributed by atoms with Crippen molar-refractivity contribution in [1.29, 1.82) is 0 Å². The summed E-state index contributed by atoms with van der Waals surface area (Å²) in [6.45, 7) is 13.8. The molecule has 0 saturated carbocycles. The number of rotatable bonds is 2. The number of halogens is 2. The molecule has 0 aromatic heterocycles. The van der Waals surface area contributed by atoms with E-state index in [-0.39, 0.29) is 7.43 Å². The van der Waals surface area contributed by atoms with Crippen LogP contribution in [0.25, 0.3) is 4.65 Å². The molecule has 0 amide bonds. The molecular weight excluding hydrogens is 273 g/mol. The van der Waals surface area contributed by atoms with E-state index < -0.39 is 33.5 Å². The van der Waals surface area contributed by atoms with Crippen molar-refractivity contribution in [3.05, 3.63) is 12.1 Å². The Hall–Kier alpha value is 1.69. The van der Waals surface area contributed by atoms with Crippen LogP contribution in [0.5, 0.6) is 0 Å². The summed E-state index contributed by atoms with van der Waals surface area (Å²) in [6, 6.07) is 0. The molecule has 0 aliphatic heterocycles. The van der Waals surface area contributed by atoms with Gasteiger partial charge in [-0.3, -0.25) is 0 Å². The van der Waals surface area contributed by atoms with E-state index in [0.29, 0.717) is 0 Å². The van der Waals surface area contributed by atoms with Gasteiger partial charge in [-0.2, -0.15) is 0 Å². The van der Waals surface area contributed by atoms with Gasteiger partial charge in [-0.15, -0.1) is 0 Å². The van der Waals surface area contributed by atoms with E-state index in [0.717, 1.165) is 0 Å². The molecule has 0 atom stereocenters. The summed E-state index contributed by atoms with van der Waals surface area (Å²) in [7, 11) is 7.57. The van der Waals surface area contributed by atoms with E-state index in [4.69, 9.17) is 23.3 Å². The van der Waals surface area contributed by atoms with E-state index in [2.05, 4.69) is 39.3 Å². The van der Waals surface area contributed by atoms with E-state index >= 15 is 0 Å². The summed E-state index contributed by atoms with van der Waals surface area (Å²) in [5.41, 5.74) is 0. The third-order valence-corrected chi connectivity index (χ3v) is 6.04. The molecule has 13 heavy (non-hydrogen) atoms. The summed E-state index contributed by atoms with van der Waals surface area (Å²) in [5.74, 6) is 0. The number of hydrogen-bond donors (Lipinski definition) is 0. The van der Waals surface area contributed by atoms with Gasteiger partial charge in [-0.1, -0.05) is 55.8 Å². The van der Waals surface area contributed by atoms with Gasteiger partial charge in [0.25, 0.3) is 0 Å². The Kier molecular flexibility index (Phi) is 13.9. The number of hydrogen-bond acceptors (Lipinski definition) is 0. The van der Waals surface area contributed by atoms with Crippen molar-refractivity contribution in [2.45, 2.75) is 39.3 Å². The summed E-state index contributed by atoms with van der Waals surface area (Å²) < 4.78 is 4.82. The van der Waals surface area contributed by atoms with Gasteiger partial charge >= 0.3 is 35.6 Å². The van der Waals surface area contributed by atoms with Gasteiger partial charge in [0.05, 0.1) is 0 Å². The van der Waals surface area contributed by atoms with Crippen LogP contribution in [0.4, 0.5) is 0 Å². The average molecular weight is 294 g/mol. The van der Waals surface area contributed by atoms with Crippen LogP contribution in [0.3, 0.4) is 0 Å². The van der Waals surface area contributed by atoms with Crippen molar-refractivity contribution in [3.8, 4) is 0 Å². The summed E-state index contributed by atoms with van der Waals surface area (Å²) in [4.78, 5) is 0. The first-order valence-electron chi connectivity index (χ1n) is 3.83. The molecule has 1 nitrogen and oxygen atoms in total. The predicted molar refractivity (Wildman–Crippen MR) is 68.2 cm³/mol. The van der Waals surface area contributed by atoms with Crippen molar-refractivity contribution in [3.63, 3.8) is 0 Å². The Bertz CT molecular complexity index is 100. The maximum absolute atomic E-state index is 4.89. The van der Waals surface area contributed by atoms with Crippen LogP contribution >= 0.6 is 18.6 Å². The van der Waals surface area contributed by atoms with E-state index in [1.807, 2.05) is 0 Å². The van der Waals surface area contributed by atoms with Crippen LogP contribution in [-0.2, 0) is 17.0 Å². The van der Waals surface area contributed by atoms with Gasteiger partial charge in [0.1, 0.15) is 0 Å². The molecule has 0 aliphatic rings. The Morgan fingerprint density at radius 2 is 1.00 bits per heavy atom. The van der Waals surface area contributed by atoms with Gasteiger partial charge in [0.15, 0.2) is 0 Å². The third-order valence-electron chi connectivity index (χ3n) is 0.671. The quantitative estimate of drug-likeness (QED) is 0.510. The van der Waals surface area contributed by atoms with E-state index in [1.165, 1.54) is 0 Å². The molecular formula is C7H21Cl2NSi2Ti-2. The van der Waals surface area contributed by atoms with Crippen LogP contribution in [0.1, 0.15) is 0 Å². The topological polar surface area (TPSA) is 14.1 Å². The average Bonchev–Trinajstić information content (AvgIpc) is 1.53. The molecule has 0 saturated heterocycles. The minimum atomic E-state index is -1.11. The fraction of sp³-hybridized carbons (Fsp3) is 0.857. The van der Waals surface area contributed by atoms with Gasteiger partial charge in [-0.05, 0) is 0 Å². The molecule has 0 aliphatic carbocycles. The van der Waals surface area contributed by atoms with Crippen LogP contribution in [0.15, 0.2) is 0 Å². The Morgan fingerprint density at radius 3 is 1.00 bits per heavy atom. The molecule has 0 fully saturated rings. The molecule has 0 heterocycles. The molecule has 0 rings (SSSR count). The normalized spacial score (nSPS) is 10.8. The van der Waals surface area contributed by atoms with Crippen molar-refractivity contribution in [2.24, 2.45) is 0 Å². The monoisotopic (exact) mass is 293 g/mol. The van der Waals surface area contributed by atoms with Crippen LogP contribution in [0, 0.1) is 7.43 Å². The molecule has 0 aromatic carbocycles. The van der Waals surface area contributed by atoms with Crippen LogP contribution < -0.4 is 0 Å². The fourth-order valence-electron chi connectivity index (χ4n) is 1.01. The summed E-state index contributed by atoms with van der Waals surface area (Å²) >= 11 is -0.556. The second kappa shape index (κ2) is 8.95. The van der Waals surface area contributed by atoms with Crippen molar-refractivity contribution in [1.82, 2.24) is 0 Å². The van der Waals surface area contributed by atoms with Crippen molar-refractivity contribution >= 4 is 35.1 Å². The van der Waals surface area contributed by atoms with Crippen molar-refractivity contribution < 1.29 is 17.0 Å². The van der Waals surface area contributed by atoms with E-state index in [9.17, 15) is 0 Å². The van der Waals surface area contributed by atoms with Crippen LogP contribution in [0.2, 0.25) is 39.3 Å². The Morgan fingerprint density at radius 1 is 0.846 bits per heavy atom. The Labute approximate surface area is 103 Å². The van der Waals surface area contributed by atoms with Gasteiger partial charge in [0.2, 0.25) is 0 Å². The predicted octanol–water partition coefficient (Wildman–Crippen LogP) is 4.86. The first-order valence-corrected chi connectivity index (χ1v) is 15.0. The van der Waals surface area contributed by atoms with Gasteiger partial charge in [0, 0.05) is 0 Å². The molecule has 0 N–H and O–H groups in total. The second-order valence-electron chi connectivity index (χ2n) is 4.52. The molecule has 6 heteroatoms. The van der Waals surface area contributed by atoms with Gasteiger partial charge in [-0.25, -0.2) is 0 Å². The molecule has 0 spiro atoms. The minimum absolute atomic E-state index is 0. The molecule has 0 aromatic rings. The van der Waals surface area contributed by atoms with E-state index in [1.54, 1.807) is 0 Å².